The van der Waals surface area contributed by atoms with E-state index in [4.69, 9.17) is 11.6 Å². The number of hydrogen-bond donors (Lipinski definition) is 1. The molecule has 0 spiro atoms. The third kappa shape index (κ3) is 3.29. The number of benzene rings is 1. The van der Waals surface area contributed by atoms with E-state index < -0.39 is 10.0 Å². The standard InChI is InChI=1S/C11H11BrClN3O2S/c1-2-16-7-9(6-14-16)19(17,18)15-11-4-3-8(12)5-10(11)13/h3-7,15H,2H2,1H3. The van der Waals surface area contributed by atoms with Gasteiger partial charge in [-0.15, -0.1) is 0 Å². The molecule has 0 bridgehead atoms. The van der Waals surface area contributed by atoms with Crippen molar-refractivity contribution in [2.45, 2.75) is 18.4 Å². The molecule has 0 amide bonds. The number of aryl methyl sites for hydroxylation is 1. The van der Waals surface area contributed by atoms with Gasteiger partial charge in [-0.2, -0.15) is 5.10 Å². The number of aromatic nitrogens is 2. The molecule has 0 aliphatic heterocycles. The lowest BCUT2D eigenvalue weighted by Crippen LogP contribution is -2.12. The maximum atomic E-state index is 12.1. The van der Waals surface area contributed by atoms with Gasteiger partial charge in [0.15, 0.2) is 0 Å². The lowest BCUT2D eigenvalue weighted by atomic mass is 10.3. The van der Waals surface area contributed by atoms with Crippen molar-refractivity contribution in [3.05, 3.63) is 40.1 Å². The summed E-state index contributed by atoms with van der Waals surface area (Å²) in [5.41, 5.74) is 0.328. The molecule has 102 valence electrons. The lowest BCUT2D eigenvalue weighted by molar-refractivity contribution is 0.600. The number of anilines is 1. The van der Waals surface area contributed by atoms with Crippen LogP contribution in [0.3, 0.4) is 0 Å². The fourth-order valence-corrected chi connectivity index (χ4v) is 3.24. The summed E-state index contributed by atoms with van der Waals surface area (Å²) in [6, 6.07) is 4.92. The van der Waals surface area contributed by atoms with Crippen molar-refractivity contribution in [1.29, 1.82) is 0 Å². The van der Waals surface area contributed by atoms with Gasteiger partial charge in [0, 0.05) is 17.2 Å². The summed E-state index contributed by atoms with van der Waals surface area (Å²) in [4.78, 5) is 0.105. The van der Waals surface area contributed by atoms with E-state index in [1.807, 2.05) is 6.92 Å². The first-order chi connectivity index (χ1) is 8.92. The molecule has 0 aliphatic carbocycles. The van der Waals surface area contributed by atoms with E-state index in [9.17, 15) is 8.42 Å². The molecule has 0 atom stereocenters. The zero-order chi connectivity index (χ0) is 14.0. The molecule has 19 heavy (non-hydrogen) atoms. The van der Waals surface area contributed by atoms with Crippen LogP contribution in [0, 0.1) is 0 Å². The lowest BCUT2D eigenvalue weighted by Gasteiger charge is -2.08. The second-order valence-corrected chi connectivity index (χ2v) is 6.77. The molecule has 0 radical (unpaired) electrons. The van der Waals surface area contributed by atoms with E-state index in [2.05, 4.69) is 25.8 Å². The zero-order valence-corrected chi connectivity index (χ0v) is 13.1. The van der Waals surface area contributed by atoms with Gasteiger partial charge in [-0.25, -0.2) is 8.42 Å². The molecule has 1 heterocycles. The Balaban J connectivity index is 2.30. The average molecular weight is 365 g/mol. The Morgan fingerprint density at radius 1 is 1.47 bits per heavy atom. The fraction of sp³-hybridized carbons (Fsp3) is 0.182. The predicted molar refractivity (Wildman–Crippen MR) is 77.9 cm³/mol. The first kappa shape index (κ1) is 14.4. The van der Waals surface area contributed by atoms with Crippen LogP contribution in [0.1, 0.15) is 6.92 Å². The van der Waals surface area contributed by atoms with Gasteiger partial charge in [-0.05, 0) is 25.1 Å². The zero-order valence-electron chi connectivity index (χ0n) is 9.97. The molecule has 0 aliphatic rings. The maximum Gasteiger partial charge on any atom is 0.265 e. The molecule has 2 aromatic rings. The Labute approximate surface area is 124 Å². The van der Waals surface area contributed by atoms with Crippen molar-refractivity contribution >= 4 is 43.2 Å². The Morgan fingerprint density at radius 3 is 2.79 bits per heavy atom. The van der Waals surface area contributed by atoms with Crippen molar-refractivity contribution in [3.63, 3.8) is 0 Å². The Kier molecular flexibility index (Phi) is 4.17. The summed E-state index contributed by atoms with van der Waals surface area (Å²) in [7, 11) is -3.67. The number of rotatable bonds is 4. The van der Waals surface area contributed by atoms with Gasteiger partial charge in [-0.3, -0.25) is 9.40 Å². The quantitative estimate of drug-likeness (QED) is 0.906. The summed E-state index contributed by atoms with van der Waals surface area (Å²) in [6.07, 6.45) is 2.77. The summed E-state index contributed by atoms with van der Waals surface area (Å²) in [5.74, 6) is 0. The highest BCUT2D eigenvalue weighted by atomic mass is 79.9. The monoisotopic (exact) mass is 363 g/mol. The molecule has 1 aromatic carbocycles. The van der Waals surface area contributed by atoms with E-state index in [1.165, 1.54) is 17.1 Å². The van der Waals surface area contributed by atoms with E-state index in [1.54, 1.807) is 18.2 Å². The van der Waals surface area contributed by atoms with Crippen molar-refractivity contribution in [3.8, 4) is 0 Å². The Hall–Kier alpha value is -1.05. The minimum Gasteiger partial charge on any atom is -0.278 e. The van der Waals surface area contributed by atoms with Crippen LogP contribution in [-0.4, -0.2) is 18.2 Å². The minimum atomic E-state index is -3.67. The largest absolute Gasteiger partial charge is 0.278 e. The van der Waals surface area contributed by atoms with E-state index in [0.29, 0.717) is 17.3 Å². The summed E-state index contributed by atoms with van der Waals surface area (Å²) in [6.45, 7) is 2.48. The first-order valence-corrected chi connectivity index (χ1v) is 8.08. The Bertz CT molecular complexity index is 700. The fourth-order valence-electron chi connectivity index (χ4n) is 1.43. The highest BCUT2D eigenvalue weighted by Gasteiger charge is 2.17. The average Bonchev–Trinajstić information content (AvgIpc) is 2.82. The van der Waals surface area contributed by atoms with Crippen molar-refractivity contribution < 1.29 is 8.42 Å². The second kappa shape index (κ2) is 5.52. The van der Waals surface area contributed by atoms with Crippen LogP contribution >= 0.6 is 27.5 Å². The van der Waals surface area contributed by atoms with Crippen molar-refractivity contribution in [1.82, 2.24) is 9.78 Å². The molecular formula is C11H11BrClN3O2S. The van der Waals surface area contributed by atoms with Crippen molar-refractivity contribution in [2.24, 2.45) is 0 Å². The molecule has 5 nitrogen and oxygen atoms in total. The molecule has 0 saturated heterocycles. The SMILES string of the molecule is CCn1cc(S(=O)(=O)Nc2ccc(Br)cc2Cl)cn1. The smallest absolute Gasteiger partial charge is 0.265 e. The van der Waals surface area contributed by atoms with E-state index in [-0.39, 0.29) is 4.90 Å². The van der Waals surface area contributed by atoms with E-state index >= 15 is 0 Å². The molecular weight excluding hydrogens is 354 g/mol. The van der Waals surface area contributed by atoms with Crippen LogP contribution in [0.4, 0.5) is 5.69 Å². The van der Waals surface area contributed by atoms with Crippen LogP contribution in [-0.2, 0) is 16.6 Å². The third-order valence-corrected chi connectivity index (χ3v) is 4.55. The van der Waals surface area contributed by atoms with Crippen LogP contribution < -0.4 is 4.72 Å². The van der Waals surface area contributed by atoms with Gasteiger partial charge in [0.2, 0.25) is 0 Å². The third-order valence-electron chi connectivity index (χ3n) is 2.42. The highest BCUT2D eigenvalue weighted by Crippen LogP contribution is 2.27. The van der Waals surface area contributed by atoms with Gasteiger partial charge >= 0.3 is 0 Å². The molecule has 1 aromatic heterocycles. The normalized spacial score (nSPS) is 11.5. The minimum absolute atomic E-state index is 0.105. The van der Waals surface area contributed by atoms with Crippen LogP contribution in [0.2, 0.25) is 5.02 Å². The van der Waals surface area contributed by atoms with Crippen LogP contribution in [0.5, 0.6) is 0 Å². The highest BCUT2D eigenvalue weighted by molar-refractivity contribution is 9.10. The number of sulfonamides is 1. The Morgan fingerprint density at radius 2 is 2.21 bits per heavy atom. The van der Waals surface area contributed by atoms with Gasteiger partial charge in [0.25, 0.3) is 10.0 Å². The van der Waals surface area contributed by atoms with Crippen molar-refractivity contribution in [2.75, 3.05) is 4.72 Å². The van der Waals surface area contributed by atoms with Gasteiger partial charge in [-0.1, -0.05) is 27.5 Å². The topological polar surface area (TPSA) is 64.0 Å². The first-order valence-electron chi connectivity index (χ1n) is 5.42. The second-order valence-electron chi connectivity index (χ2n) is 3.76. The van der Waals surface area contributed by atoms with Crippen LogP contribution in [0.15, 0.2) is 40.0 Å². The molecule has 8 heteroatoms. The summed E-state index contributed by atoms with van der Waals surface area (Å²) < 4.78 is 29.0. The number of nitrogens with zero attached hydrogens (tertiary/aromatic N) is 2. The maximum absolute atomic E-state index is 12.1. The van der Waals surface area contributed by atoms with Crippen LogP contribution in [0.25, 0.3) is 0 Å². The number of nitrogens with one attached hydrogen (secondary N) is 1. The van der Waals surface area contributed by atoms with Gasteiger partial charge in [0.1, 0.15) is 4.90 Å². The van der Waals surface area contributed by atoms with Gasteiger partial charge < -0.3 is 0 Å². The molecule has 2 rings (SSSR count). The number of halogens is 2. The summed E-state index contributed by atoms with van der Waals surface area (Å²) >= 11 is 9.24. The molecule has 0 saturated carbocycles. The molecule has 0 fully saturated rings. The summed E-state index contributed by atoms with van der Waals surface area (Å²) in [5, 5.41) is 4.26. The number of hydrogen-bond acceptors (Lipinski definition) is 3. The molecule has 1 N–H and O–H groups in total. The predicted octanol–water partition coefficient (Wildman–Crippen LogP) is 3.12. The molecule has 0 unspecified atom stereocenters. The van der Waals surface area contributed by atoms with E-state index in [0.717, 1.165) is 4.47 Å². The van der Waals surface area contributed by atoms with Gasteiger partial charge in [0.05, 0.1) is 16.9 Å².